The topological polar surface area (TPSA) is 94.9 Å². The van der Waals surface area contributed by atoms with Crippen LogP contribution in [0.2, 0.25) is 0 Å². The molecule has 1 aromatic carbocycles. The third-order valence-corrected chi connectivity index (χ3v) is 4.14. The van der Waals surface area contributed by atoms with E-state index in [4.69, 9.17) is 10.2 Å². The van der Waals surface area contributed by atoms with Gasteiger partial charge in [0.25, 0.3) is 0 Å². The number of aromatic carboxylic acids is 1. The maximum Gasteiger partial charge on any atom is 0.335 e. The summed E-state index contributed by atoms with van der Waals surface area (Å²) in [6.45, 7) is 3.03. The molecule has 0 saturated carbocycles. The molecule has 1 heterocycles. The smallest absolute Gasteiger partial charge is 0.335 e. The van der Waals surface area contributed by atoms with Crippen molar-refractivity contribution in [2.24, 2.45) is 5.92 Å². The van der Waals surface area contributed by atoms with Gasteiger partial charge in [0.05, 0.1) is 17.9 Å². The van der Waals surface area contributed by atoms with Crippen LogP contribution >= 0.6 is 0 Å². The molecular formula is C17H21NO5. The number of aliphatic carboxylic acids is 1. The fourth-order valence-corrected chi connectivity index (χ4v) is 2.91. The molecule has 0 aliphatic carbocycles. The van der Waals surface area contributed by atoms with Gasteiger partial charge in [-0.15, -0.1) is 0 Å². The molecule has 0 unspecified atom stereocenters. The third-order valence-electron chi connectivity index (χ3n) is 4.14. The summed E-state index contributed by atoms with van der Waals surface area (Å²) in [6, 6.07) is 4.82. The van der Waals surface area contributed by atoms with E-state index in [0.717, 1.165) is 24.0 Å². The zero-order valence-electron chi connectivity index (χ0n) is 13.1. The molecule has 23 heavy (non-hydrogen) atoms. The Morgan fingerprint density at radius 3 is 2.61 bits per heavy atom. The predicted octanol–water partition coefficient (Wildman–Crippen LogP) is 2.16. The number of hydrogen-bond donors (Lipinski definition) is 2. The minimum Gasteiger partial charge on any atom is -0.481 e. The summed E-state index contributed by atoms with van der Waals surface area (Å²) in [5.41, 5.74) is 1.81. The average Bonchev–Trinajstić information content (AvgIpc) is 2.62. The van der Waals surface area contributed by atoms with Crippen LogP contribution in [0.25, 0.3) is 0 Å². The largest absolute Gasteiger partial charge is 0.481 e. The Bertz CT molecular complexity index is 625. The fourth-order valence-electron chi connectivity index (χ4n) is 2.91. The number of hydrogen-bond acceptors (Lipinski definition) is 3. The summed E-state index contributed by atoms with van der Waals surface area (Å²) in [4.78, 5) is 36.5. The van der Waals surface area contributed by atoms with Gasteiger partial charge in [-0.3, -0.25) is 9.59 Å². The van der Waals surface area contributed by atoms with Gasteiger partial charge in [0.15, 0.2) is 0 Å². The molecular weight excluding hydrogens is 298 g/mol. The number of fused-ring (bicyclic) bond motifs is 1. The molecule has 1 aliphatic heterocycles. The van der Waals surface area contributed by atoms with Crippen LogP contribution in [-0.2, 0) is 22.6 Å². The van der Waals surface area contributed by atoms with E-state index in [1.54, 1.807) is 17.0 Å². The Balaban J connectivity index is 2.36. The van der Waals surface area contributed by atoms with Crippen molar-refractivity contribution in [2.45, 2.75) is 39.2 Å². The summed E-state index contributed by atoms with van der Waals surface area (Å²) < 4.78 is 0. The Labute approximate surface area is 134 Å². The van der Waals surface area contributed by atoms with E-state index in [1.165, 1.54) is 6.07 Å². The van der Waals surface area contributed by atoms with E-state index in [1.807, 2.05) is 6.92 Å². The quantitative estimate of drug-likeness (QED) is 0.838. The maximum atomic E-state index is 12.6. The summed E-state index contributed by atoms with van der Waals surface area (Å²) in [6.07, 6.45) is 1.83. The van der Waals surface area contributed by atoms with Crippen LogP contribution in [0.4, 0.5) is 0 Å². The number of nitrogens with zero attached hydrogens (tertiary/aromatic N) is 1. The zero-order valence-corrected chi connectivity index (χ0v) is 13.1. The van der Waals surface area contributed by atoms with Crippen molar-refractivity contribution in [3.63, 3.8) is 0 Å². The number of carboxylic acid groups (broad SMARTS) is 2. The summed E-state index contributed by atoms with van der Waals surface area (Å²) in [5.74, 6) is -2.85. The molecule has 0 aromatic heterocycles. The van der Waals surface area contributed by atoms with E-state index in [0.29, 0.717) is 13.1 Å². The first-order valence-electron chi connectivity index (χ1n) is 7.78. The molecule has 0 saturated heterocycles. The highest BCUT2D eigenvalue weighted by Gasteiger charge is 2.31. The number of unbranched alkanes of at least 4 members (excludes halogenated alkanes) is 1. The summed E-state index contributed by atoms with van der Waals surface area (Å²) >= 11 is 0. The number of carboxylic acids is 2. The molecule has 0 fully saturated rings. The van der Waals surface area contributed by atoms with Crippen molar-refractivity contribution in [3.8, 4) is 0 Å². The normalized spacial score (nSPS) is 17.5. The number of rotatable bonds is 6. The minimum absolute atomic E-state index is 0.158. The van der Waals surface area contributed by atoms with Crippen molar-refractivity contribution < 1.29 is 24.6 Å². The van der Waals surface area contributed by atoms with Gasteiger partial charge in [0.1, 0.15) is 0 Å². The molecule has 1 atom stereocenters. The molecule has 124 valence electrons. The van der Waals surface area contributed by atoms with Crippen LogP contribution in [0.5, 0.6) is 0 Å². The highest BCUT2D eigenvalue weighted by atomic mass is 16.4. The van der Waals surface area contributed by atoms with Crippen molar-refractivity contribution in [3.05, 3.63) is 34.9 Å². The monoisotopic (exact) mass is 319 g/mol. The summed E-state index contributed by atoms with van der Waals surface area (Å²) in [5, 5.41) is 18.2. The molecule has 1 amide bonds. The third kappa shape index (κ3) is 4.09. The van der Waals surface area contributed by atoms with Gasteiger partial charge < -0.3 is 15.1 Å². The van der Waals surface area contributed by atoms with E-state index in [2.05, 4.69) is 0 Å². The second kappa shape index (κ2) is 7.26. The molecule has 0 spiro atoms. The highest BCUT2D eigenvalue weighted by Crippen LogP contribution is 2.26. The standard InChI is InChI=1S/C17H21NO5/c1-2-3-6-18-10-12-5-4-11(17(22)23)7-13(12)8-14(16(18)21)9-15(19)20/h4-5,7,14H,2-3,6,8-10H2,1H3,(H,19,20)(H,22,23)/t14-/m1/s1. The van der Waals surface area contributed by atoms with Gasteiger partial charge in [0.2, 0.25) is 5.91 Å². The van der Waals surface area contributed by atoms with Crippen molar-refractivity contribution in [1.82, 2.24) is 4.90 Å². The molecule has 2 N–H and O–H groups in total. The minimum atomic E-state index is -1.03. The molecule has 2 rings (SSSR count). The van der Waals surface area contributed by atoms with E-state index < -0.39 is 17.9 Å². The summed E-state index contributed by atoms with van der Waals surface area (Å²) in [7, 11) is 0. The maximum absolute atomic E-state index is 12.6. The Morgan fingerprint density at radius 2 is 2.00 bits per heavy atom. The Kier molecular flexibility index (Phi) is 5.36. The lowest BCUT2D eigenvalue weighted by molar-refractivity contribution is -0.144. The lowest BCUT2D eigenvalue weighted by Crippen LogP contribution is -2.36. The van der Waals surface area contributed by atoms with Gasteiger partial charge >= 0.3 is 11.9 Å². The van der Waals surface area contributed by atoms with Crippen LogP contribution in [0.15, 0.2) is 18.2 Å². The van der Waals surface area contributed by atoms with Gasteiger partial charge in [-0.2, -0.15) is 0 Å². The first-order valence-corrected chi connectivity index (χ1v) is 7.78. The SMILES string of the molecule is CCCCN1Cc2ccc(C(=O)O)cc2C[C@H](CC(=O)O)C1=O. The van der Waals surface area contributed by atoms with Crippen LogP contribution < -0.4 is 0 Å². The van der Waals surface area contributed by atoms with Gasteiger partial charge in [-0.25, -0.2) is 4.79 Å². The fraction of sp³-hybridized carbons (Fsp3) is 0.471. The first kappa shape index (κ1) is 17.0. The Morgan fingerprint density at radius 1 is 1.26 bits per heavy atom. The van der Waals surface area contributed by atoms with Crippen LogP contribution in [-0.4, -0.2) is 39.5 Å². The van der Waals surface area contributed by atoms with Crippen LogP contribution in [0.1, 0.15) is 47.7 Å². The molecule has 0 radical (unpaired) electrons. The molecule has 6 nitrogen and oxygen atoms in total. The van der Waals surface area contributed by atoms with Crippen LogP contribution in [0, 0.1) is 5.92 Å². The number of benzene rings is 1. The second-order valence-corrected chi connectivity index (χ2v) is 5.90. The average molecular weight is 319 g/mol. The first-order chi connectivity index (χ1) is 10.9. The van der Waals surface area contributed by atoms with E-state index in [-0.39, 0.29) is 24.3 Å². The lowest BCUT2D eigenvalue weighted by Gasteiger charge is -2.23. The van der Waals surface area contributed by atoms with Crippen molar-refractivity contribution in [2.75, 3.05) is 6.54 Å². The van der Waals surface area contributed by atoms with Gasteiger partial charge in [-0.05, 0) is 36.1 Å². The Hall–Kier alpha value is -2.37. The van der Waals surface area contributed by atoms with E-state index in [9.17, 15) is 14.4 Å². The second-order valence-electron chi connectivity index (χ2n) is 5.90. The van der Waals surface area contributed by atoms with Crippen molar-refractivity contribution in [1.29, 1.82) is 0 Å². The van der Waals surface area contributed by atoms with Crippen molar-refractivity contribution >= 4 is 17.8 Å². The predicted molar refractivity (Wildman–Crippen MR) is 83.2 cm³/mol. The van der Waals surface area contributed by atoms with Gasteiger partial charge in [0, 0.05) is 13.1 Å². The zero-order chi connectivity index (χ0) is 17.0. The number of amides is 1. The van der Waals surface area contributed by atoms with E-state index >= 15 is 0 Å². The van der Waals surface area contributed by atoms with Gasteiger partial charge in [-0.1, -0.05) is 19.4 Å². The highest BCUT2D eigenvalue weighted by molar-refractivity contribution is 5.88. The molecule has 0 bridgehead atoms. The lowest BCUT2D eigenvalue weighted by atomic mass is 9.93. The molecule has 6 heteroatoms. The molecule has 1 aliphatic rings. The van der Waals surface area contributed by atoms with Crippen LogP contribution in [0.3, 0.4) is 0 Å². The number of carbonyl (C=O) groups is 3. The number of carbonyl (C=O) groups excluding carboxylic acids is 1. The molecule has 1 aromatic rings.